The summed E-state index contributed by atoms with van der Waals surface area (Å²) in [5.41, 5.74) is 1.64. The third-order valence-corrected chi connectivity index (χ3v) is 5.39. The van der Waals surface area contributed by atoms with Crippen molar-refractivity contribution in [1.29, 1.82) is 0 Å². The van der Waals surface area contributed by atoms with Crippen LogP contribution in [0, 0.1) is 0 Å². The standard InChI is InChI=1S/C20H12F3N5O3S/c21-20(22,23)17-7-12(16-2-1-5-32-16)25-18-8-13(27-28(17)18)19(29)26-24-9-11-3-4-14-15(6-11)31-10-30-14/h1-9H,10H2,(H,26,29)/b24-9-. The highest BCUT2D eigenvalue weighted by Crippen LogP contribution is 2.34. The molecule has 1 aliphatic rings. The van der Waals surface area contributed by atoms with Gasteiger partial charge in [0.1, 0.15) is 0 Å². The average molecular weight is 459 g/mol. The molecule has 1 aromatic carbocycles. The van der Waals surface area contributed by atoms with Crippen molar-refractivity contribution in [3.63, 3.8) is 0 Å². The van der Waals surface area contributed by atoms with Gasteiger partial charge in [-0.2, -0.15) is 23.4 Å². The lowest BCUT2D eigenvalue weighted by atomic mass is 10.2. The minimum atomic E-state index is -4.69. The van der Waals surface area contributed by atoms with E-state index in [1.165, 1.54) is 23.6 Å². The molecule has 0 aliphatic carbocycles. The number of hydrazone groups is 1. The van der Waals surface area contributed by atoms with Crippen molar-refractivity contribution in [2.24, 2.45) is 5.10 Å². The van der Waals surface area contributed by atoms with Crippen LogP contribution in [0.1, 0.15) is 21.7 Å². The summed E-state index contributed by atoms with van der Waals surface area (Å²) in [5.74, 6) is 0.372. The van der Waals surface area contributed by atoms with Crippen LogP contribution in [0.5, 0.6) is 11.5 Å². The highest BCUT2D eigenvalue weighted by molar-refractivity contribution is 7.13. The summed E-state index contributed by atoms with van der Waals surface area (Å²) >= 11 is 1.26. The number of carbonyl (C=O) groups is 1. The molecule has 0 saturated carbocycles. The van der Waals surface area contributed by atoms with Gasteiger partial charge in [0.15, 0.2) is 28.5 Å². The van der Waals surface area contributed by atoms with Gasteiger partial charge in [-0.15, -0.1) is 11.3 Å². The molecule has 4 aromatic rings. The summed E-state index contributed by atoms with van der Waals surface area (Å²) in [5, 5.41) is 9.36. The fourth-order valence-electron chi connectivity index (χ4n) is 3.05. The monoisotopic (exact) mass is 459 g/mol. The second-order valence-corrected chi connectivity index (χ2v) is 7.56. The number of amides is 1. The van der Waals surface area contributed by atoms with Crippen molar-refractivity contribution in [2.75, 3.05) is 6.79 Å². The maximum atomic E-state index is 13.6. The van der Waals surface area contributed by atoms with Gasteiger partial charge in [-0.05, 0) is 41.3 Å². The zero-order valence-electron chi connectivity index (χ0n) is 16.0. The Morgan fingerprint density at radius 1 is 1.19 bits per heavy atom. The van der Waals surface area contributed by atoms with Gasteiger partial charge in [0.25, 0.3) is 5.91 Å². The van der Waals surface area contributed by atoms with Gasteiger partial charge in [-0.3, -0.25) is 4.79 Å². The number of fused-ring (bicyclic) bond motifs is 2. The molecule has 12 heteroatoms. The second-order valence-electron chi connectivity index (χ2n) is 6.61. The predicted molar refractivity (Wildman–Crippen MR) is 109 cm³/mol. The lowest BCUT2D eigenvalue weighted by Crippen LogP contribution is -2.19. The number of ether oxygens (including phenoxy) is 2. The number of hydrogen-bond acceptors (Lipinski definition) is 7. The van der Waals surface area contributed by atoms with E-state index in [-0.39, 0.29) is 23.8 Å². The Morgan fingerprint density at radius 3 is 2.81 bits per heavy atom. The molecular formula is C20H12F3N5O3S. The first-order valence-electron chi connectivity index (χ1n) is 9.13. The van der Waals surface area contributed by atoms with Crippen LogP contribution in [0.2, 0.25) is 0 Å². The minimum absolute atomic E-state index is 0.104. The number of alkyl halides is 3. The third-order valence-electron chi connectivity index (χ3n) is 4.50. The fourth-order valence-corrected chi connectivity index (χ4v) is 3.74. The molecule has 4 heterocycles. The normalized spacial score (nSPS) is 13.2. The SMILES string of the molecule is O=C(N/N=C\c1ccc2c(c1)OCO2)c1cc2nc(-c3cccs3)cc(C(F)(F)F)n2n1. The van der Waals surface area contributed by atoms with Crippen molar-refractivity contribution in [1.82, 2.24) is 20.0 Å². The van der Waals surface area contributed by atoms with E-state index in [0.717, 1.165) is 6.07 Å². The summed E-state index contributed by atoms with van der Waals surface area (Å²) in [6, 6.07) is 10.5. The predicted octanol–water partition coefficient (Wildman–Crippen LogP) is 3.97. The summed E-state index contributed by atoms with van der Waals surface area (Å²) in [6.45, 7) is 0.128. The summed E-state index contributed by atoms with van der Waals surface area (Å²) in [7, 11) is 0. The number of rotatable bonds is 4. The molecule has 8 nitrogen and oxygen atoms in total. The Labute approximate surface area is 181 Å². The number of aromatic nitrogens is 3. The molecule has 5 rings (SSSR count). The second kappa shape index (κ2) is 7.64. The minimum Gasteiger partial charge on any atom is -0.454 e. The van der Waals surface area contributed by atoms with Crippen molar-refractivity contribution >= 4 is 29.1 Å². The van der Waals surface area contributed by atoms with Crippen molar-refractivity contribution in [2.45, 2.75) is 6.18 Å². The van der Waals surface area contributed by atoms with Crippen LogP contribution < -0.4 is 14.9 Å². The first kappa shape index (κ1) is 20.0. The number of halogens is 3. The molecule has 0 radical (unpaired) electrons. The molecule has 1 N–H and O–H groups in total. The topological polar surface area (TPSA) is 90.1 Å². The molecular weight excluding hydrogens is 447 g/mol. The number of thiophene rings is 1. The molecule has 0 fully saturated rings. The summed E-state index contributed by atoms with van der Waals surface area (Å²) in [6.07, 6.45) is -3.32. The molecule has 1 aliphatic heterocycles. The quantitative estimate of drug-likeness (QED) is 0.369. The maximum absolute atomic E-state index is 13.6. The van der Waals surface area contributed by atoms with E-state index in [0.29, 0.717) is 26.5 Å². The van der Waals surface area contributed by atoms with Crippen LogP contribution in [0.3, 0.4) is 0 Å². The van der Waals surface area contributed by atoms with E-state index in [9.17, 15) is 18.0 Å². The van der Waals surface area contributed by atoms with E-state index in [1.807, 2.05) is 0 Å². The van der Waals surface area contributed by atoms with Crippen molar-refractivity contribution in [3.8, 4) is 22.1 Å². The Bertz CT molecular complexity index is 1350. The third kappa shape index (κ3) is 3.75. The molecule has 1 amide bonds. The number of nitrogens with one attached hydrogen (secondary N) is 1. The molecule has 162 valence electrons. The lowest BCUT2D eigenvalue weighted by molar-refractivity contribution is -0.142. The zero-order valence-corrected chi connectivity index (χ0v) is 16.8. The zero-order chi connectivity index (χ0) is 22.3. The van der Waals surface area contributed by atoms with E-state index < -0.39 is 17.8 Å². The van der Waals surface area contributed by atoms with Gasteiger partial charge >= 0.3 is 6.18 Å². The first-order valence-corrected chi connectivity index (χ1v) is 10.0. The fraction of sp³-hybridized carbons (Fsp3) is 0.100. The molecule has 0 saturated heterocycles. The highest BCUT2D eigenvalue weighted by Gasteiger charge is 2.35. The Morgan fingerprint density at radius 2 is 2.03 bits per heavy atom. The van der Waals surface area contributed by atoms with Gasteiger partial charge in [-0.25, -0.2) is 14.9 Å². The van der Waals surface area contributed by atoms with E-state index in [4.69, 9.17) is 9.47 Å². The number of benzene rings is 1. The van der Waals surface area contributed by atoms with Crippen LogP contribution in [0.25, 0.3) is 16.2 Å². The number of nitrogens with zero attached hydrogens (tertiary/aromatic N) is 4. The van der Waals surface area contributed by atoms with Gasteiger partial charge in [0.05, 0.1) is 16.8 Å². The molecule has 0 atom stereocenters. The highest BCUT2D eigenvalue weighted by atomic mass is 32.1. The van der Waals surface area contributed by atoms with E-state index >= 15 is 0 Å². The molecule has 0 spiro atoms. The van der Waals surface area contributed by atoms with Crippen LogP contribution >= 0.6 is 11.3 Å². The Kier molecular flexibility index (Phi) is 4.78. The summed E-state index contributed by atoms with van der Waals surface area (Å²) in [4.78, 5) is 17.2. The van der Waals surface area contributed by atoms with Gasteiger partial charge in [-0.1, -0.05) is 6.07 Å². The van der Waals surface area contributed by atoms with Gasteiger partial charge in [0, 0.05) is 6.07 Å². The smallest absolute Gasteiger partial charge is 0.433 e. The Balaban J connectivity index is 1.42. The van der Waals surface area contributed by atoms with Crippen LogP contribution in [-0.4, -0.2) is 33.5 Å². The van der Waals surface area contributed by atoms with Gasteiger partial charge in [0.2, 0.25) is 6.79 Å². The maximum Gasteiger partial charge on any atom is 0.433 e. The molecule has 0 bridgehead atoms. The molecule has 32 heavy (non-hydrogen) atoms. The van der Waals surface area contributed by atoms with Crippen molar-refractivity contribution < 1.29 is 27.4 Å². The van der Waals surface area contributed by atoms with E-state index in [2.05, 4.69) is 20.6 Å². The lowest BCUT2D eigenvalue weighted by Gasteiger charge is -2.10. The van der Waals surface area contributed by atoms with Crippen molar-refractivity contribution in [3.05, 3.63) is 64.8 Å². The van der Waals surface area contributed by atoms with Gasteiger partial charge < -0.3 is 9.47 Å². The van der Waals surface area contributed by atoms with Crippen LogP contribution in [-0.2, 0) is 6.18 Å². The molecule has 3 aromatic heterocycles. The molecule has 0 unspecified atom stereocenters. The van der Waals surface area contributed by atoms with E-state index in [1.54, 1.807) is 35.7 Å². The first-order chi connectivity index (χ1) is 15.4. The summed E-state index contributed by atoms with van der Waals surface area (Å²) < 4.78 is 51.9. The Hall–Kier alpha value is -3.93. The number of hydrogen-bond donors (Lipinski definition) is 1. The van der Waals surface area contributed by atoms with Crippen LogP contribution in [0.15, 0.2) is 52.9 Å². The largest absolute Gasteiger partial charge is 0.454 e. The average Bonchev–Trinajstić information content (AvgIpc) is 3.51. The number of carbonyl (C=O) groups excluding carboxylic acids is 1. The van der Waals surface area contributed by atoms with Crippen LogP contribution in [0.4, 0.5) is 13.2 Å².